The summed E-state index contributed by atoms with van der Waals surface area (Å²) in [6.07, 6.45) is -2.37. The largest absolute Gasteiger partial charge is 0.264 e. The van der Waals surface area contributed by atoms with E-state index in [1.165, 1.54) is 12.1 Å². The van der Waals surface area contributed by atoms with Crippen LogP contribution < -0.4 is 0 Å². The molecule has 0 atom stereocenters. The summed E-state index contributed by atoms with van der Waals surface area (Å²) in [5.74, 6) is 0. The second-order valence-electron chi connectivity index (χ2n) is 2.46. The maximum atomic E-state index is 12.3. The fraction of sp³-hybridized carbons (Fsp3) is 0.222. The Labute approximate surface area is 83.1 Å². The number of halogens is 3. The average Bonchev–Trinajstić information content (AvgIpc) is 2.08. The van der Waals surface area contributed by atoms with Gasteiger partial charge in [-0.1, -0.05) is 18.2 Å². The molecule has 0 fully saturated rings. The number of hydrogen-bond donors (Lipinski definition) is 0. The van der Waals surface area contributed by atoms with Crippen LogP contribution in [0.1, 0.15) is 17.6 Å². The molecule has 1 rings (SSSR count). The van der Waals surface area contributed by atoms with Gasteiger partial charge in [0.15, 0.2) is 0 Å². The zero-order valence-electron chi connectivity index (χ0n) is 6.60. The lowest BCUT2D eigenvalue weighted by atomic mass is 10.1. The molecule has 13 heavy (non-hydrogen) atoms. The van der Waals surface area contributed by atoms with Crippen LogP contribution in [0.25, 0.3) is 0 Å². The van der Waals surface area contributed by atoms with E-state index >= 15 is 0 Å². The maximum Gasteiger partial charge on any atom is 0.264 e. The molecule has 0 radical (unpaired) electrons. The van der Waals surface area contributed by atoms with Crippen molar-refractivity contribution in [1.29, 1.82) is 5.26 Å². The van der Waals surface area contributed by atoms with Crippen LogP contribution in [-0.2, 0) is 6.42 Å². The topological polar surface area (TPSA) is 23.8 Å². The molecule has 1 nitrogen and oxygen atoms in total. The molecular weight excluding hydrogens is 240 g/mol. The van der Waals surface area contributed by atoms with Crippen LogP contribution >= 0.6 is 15.9 Å². The van der Waals surface area contributed by atoms with Gasteiger partial charge in [0.25, 0.3) is 6.43 Å². The average molecular weight is 246 g/mol. The van der Waals surface area contributed by atoms with Gasteiger partial charge in [0, 0.05) is 10.0 Å². The zero-order valence-corrected chi connectivity index (χ0v) is 8.18. The summed E-state index contributed by atoms with van der Waals surface area (Å²) in [6.45, 7) is 0. The van der Waals surface area contributed by atoms with Gasteiger partial charge in [0.2, 0.25) is 0 Å². The van der Waals surface area contributed by atoms with Crippen molar-refractivity contribution in [3.8, 4) is 6.07 Å². The Hall–Kier alpha value is -0.950. The van der Waals surface area contributed by atoms with Gasteiger partial charge in [0.05, 0.1) is 12.5 Å². The van der Waals surface area contributed by atoms with E-state index in [-0.39, 0.29) is 12.0 Å². The summed E-state index contributed by atoms with van der Waals surface area (Å²) in [6, 6.07) is 6.44. The van der Waals surface area contributed by atoms with Gasteiger partial charge >= 0.3 is 0 Å². The van der Waals surface area contributed by atoms with Gasteiger partial charge < -0.3 is 0 Å². The molecule has 0 heterocycles. The quantitative estimate of drug-likeness (QED) is 0.783. The van der Waals surface area contributed by atoms with Gasteiger partial charge in [0.1, 0.15) is 0 Å². The second-order valence-corrected chi connectivity index (χ2v) is 3.25. The van der Waals surface area contributed by atoms with Crippen molar-refractivity contribution < 1.29 is 8.78 Å². The Morgan fingerprint density at radius 2 is 2.15 bits per heavy atom. The van der Waals surface area contributed by atoms with E-state index in [1.54, 1.807) is 6.07 Å². The molecule has 0 saturated heterocycles. The number of rotatable bonds is 2. The lowest BCUT2D eigenvalue weighted by Gasteiger charge is -2.05. The number of benzene rings is 1. The minimum absolute atomic E-state index is 0.0623. The SMILES string of the molecule is N#CCc1cccc(C(F)F)c1Br. The lowest BCUT2D eigenvalue weighted by molar-refractivity contribution is 0.150. The standard InChI is InChI=1S/C9H6BrF2N/c10-8-6(4-5-13)2-1-3-7(8)9(11)12/h1-3,9H,4H2. The summed E-state index contributed by atoms with van der Waals surface area (Å²) in [4.78, 5) is 0. The van der Waals surface area contributed by atoms with Crippen LogP contribution in [0, 0.1) is 11.3 Å². The van der Waals surface area contributed by atoms with Crippen molar-refractivity contribution in [1.82, 2.24) is 0 Å². The lowest BCUT2D eigenvalue weighted by Crippen LogP contribution is -1.91. The molecule has 0 aliphatic rings. The smallest absolute Gasteiger partial charge is 0.205 e. The molecular formula is C9H6BrF2N. The van der Waals surface area contributed by atoms with Crippen LogP contribution in [0.15, 0.2) is 22.7 Å². The third kappa shape index (κ3) is 2.25. The Balaban J connectivity index is 3.12. The molecule has 0 bridgehead atoms. The molecule has 1 aromatic rings. The van der Waals surface area contributed by atoms with Gasteiger partial charge in [-0.15, -0.1) is 0 Å². The maximum absolute atomic E-state index is 12.3. The normalized spacial score (nSPS) is 10.1. The monoisotopic (exact) mass is 245 g/mol. The van der Waals surface area contributed by atoms with Gasteiger partial charge in [-0.3, -0.25) is 0 Å². The minimum atomic E-state index is -2.51. The number of nitrogens with zero attached hydrogens (tertiary/aromatic N) is 1. The van der Waals surface area contributed by atoms with E-state index in [0.717, 1.165) is 0 Å². The van der Waals surface area contributed by atoms with Crippen molar-refractivity contribution >= 4 is 15.9 Å². The Morgan fingerprint density at radius 3 is 2.69 bits per heavy atom. The van der Waals surface area contributed by atoms with Crippen LogP contribution in [0.3, 0.4) is 0 Å². The summed E-state index contributed by atoms with van der Waals surface area (Å²) < 4.78 is 25.0. The highest BCUT2D eigenvalue weighted by Gasteiger charge is 2.13. The Kier molecular flexibility index (Phi) is 3.38. The fourth-order valence-corrected chi connectivity index (χ4v) is 1.57. The Morgan fingerprint density at radius 1 is 1.46 bits per heavy atom. The third-order valence-electron chi connectivity index (χ3n) is 1.61. The predicted octanol–water partition coefficient (Wildman–Crippen LogP) is 3.45. The van der Waals surface area contributed by atoms with Crippen molar-refractivity contribution in [2.24, 2.45) is 0 Å². The molecule has 0 aromatic heterocycles. The highest BCUT2D eigenvalue weighted by atomic mass is 79.9. The molecule has 4 heteroatoms. The second kappa shape index (κ2) is 4.33. The fourth-order valence-electron chi connectivity index (χ4n) is 0.990. The van der Waals surface area contributed by atoms with Crippen molar-refractivity contribution in [3.05, 3.63) is 33.8 Å². The minimum Gasteiger partial charge on any atom is -0.205 e. The summed E-state index contributed by atoms with van der Waals surface area (Å²) in [7, 11) is 0. The van der Waals surface area contributed by atoms with Crippen molar-refractivity contribution in [3.63, 3.8) is 0 Å². The first-order chi connectivity index (χ1) is 6.16. The molecule has 0 N–H and O–H groups in total. The molecule has 0 unspecified atom stereocenters. The van der Waals surface area contributed by atoms with Gasteiger partial charge in [-0.05, 0) is 21.5 Å². The van der Waals surface area contributed by atoms with Gasteiger partial charge in [-0.25, -0.2) is 8.78 Å². The van der Waals surface area contributed by atoms with Crippen molar-refractivity contribution in [2.75, 3.05) is 0 Å². The van der Waals surface area contributed by atoms with Crippen molar-refractivity contribution in [2.45, 2.75) is 12.8 Å². The highest BCUT2D eigenvalue weighted by Crippen LogP contribution is 2.30. The van der Waals surface area contributed by atoms with E-state index in [0.29, 0.717) is 10.0 Å². The molecule has 0 aliphatic heterocycles. The van der Waals surface area contributed by atoms with E-state index in [1.807, 2.05) is 6.07 Å². The van der Waals surface area contributed by atoms with Crippen LogP contribution in [0.5, 0.6) is 0 Å². The summed E-state index contributed by atoms with van der Waals surface area (Å²) in [5, 5.41) is 8.42. The van der Waals surface area contributed by atoms with Crippen LogP contribution in [0.2, 0.25) is 0 Å². The molecule has 0 spiro atoms. The molecule has 68 valence electrons. The molecule has 0 amide bonds. The molecule has 1 aromatic carbocycles. The number of nitriles is 1. The molecule has 0 saturated carbocycles. The Bertz CT molecular complexity index is 344. The first-order valence-electron chi connectivity index (χ1n) is 3.59. The summed E-state index contributed by atoms with van der Waals surface area (Å²) >= 11 is 3.05. The van der Waals surface area contributed by atoms with Crippen LogP contribution in [-0.4, -0.2) is 0 Å². The van der Waals surface area contributed by atoms with E-state index in [2.05, 4.69) is 15.9 Å². The molecule has 0 aliphatic carbocycles. The van der Waals surface area contributed by atoms with E-state index in [9.17, 15) is 8.78 Å². The number of hydrogen-bond acceptors (Lipinski definition) is 1. The van der Waals surface area contributed by atoms with E-state index in [4.69, 9.17) is 5.26 Å². The first-order valence-corrected chi connectivity index (χ1v) is 4.38. The zero-order chi connectivity index (χ0) is 9.84. The van der Waals surface area contributed by atoms with Gasteiger partial charge in [-0.2, -0.15) is 5.26 Å². The third-order valence-corrected chi connectivity index (χ3v) is 2.58. The summed E-state index contributed by atoms with van der Waals surface area (Å²) in [5.41, 5.74) is 0.535. The number of alkyl halides is 2. The van der Waals surface area contributed by atoms with E-state index < -0.39 is 6.43 Å². The van der Waals surface area contributed by atoms with Crippen LogP contribution in [0.4, 0.5) is 8.78 Å². The highest BCUT2D eigenvalue weighted by molar-refractivity contribution is 9.10. The predicted molar refractivity (Wildman–Crippen MR) is 48.4 cm³/mol. The first kappa shape index (κ1) is 10.1.